The van der Waals surface area contributed by atoms with Gasteiger partial charge in [-0.25, -0.2) is 8.42 Å². The molecule has 0 saturated carbocycles. The van der Waals surface area contributed by atoms with Crippen molar-refractivity contribution in [2.75, 3.05) is 24.5 Å². The lowest BCUT2D eigenvalue weighted by atomic mass is 10.0. The molecule has 4 rings (SSSR count). The van der Waals surface area contributed by atoms with E-state index in [9.17, 15) is 8.42 Å². The third-order valence-corrected chi connectivity index (χ3v) is 7.71. The number of aryl methyl sites for hydroxylation is 1. The van der Waals surface area contributed by atoms with Crippen molar-refractivity contribution in [3.63, 3.8) is 0 Å². The largest absolute Gasteiger partial charge is 0.366 e. The van der Waals surface area contributed by atoms with Crippen molar-refractivity contribution in [1.82, 2.24) is 4.31 Å². The summed E-state index contributed by atoms with van der Waals surface area (Å²) in [6.45, 7) is 3.47. The van der Waals surface area contributed by atoms with E-state index in [1.54, 1.807) is 16.4 Å². The van der Waals surface area contributed by atoms with Crippen LogP contribution >= 0.6 is 11.6 Å². The normalized spacial score (nSPS) is 17.8. The second kappa shape index (κ2) is 8.80. The van der Waals surface area contributed by atoms with Crippen molar-refractivity contribution in [2.24, 2.45) is 0 Å². The first-order valence-corrected chi connectivity index (χ1v) is 11.9. The third-order valence-electron chi connectivity index (χ3n) is 5.58. The molecule has 1 saturated heterocycles. The first kappa shape index (κ1) is 20.9. The summed E-state index contributed by atoms with van der Waals surface area (Å²) in [4.78, 5) is 2.65. The second-order valence-electron chi connectivity index (χ2n) is 7.69. The number of hydrogen-bond donors (Lipinski definition) is 0. The number of anilines is 1. The molecule has 0 N–H and O–H groups in total. The SMILES string of the molecule is Cc1ccc(S(=O)(=O)N2CCN(c3ccc(Cl)cc3)C(Cc3ccccc3)C2)cc1. The Labute approximate surface area is 183 Å². The van der Waals surface area contributed by atoms with E-state index in [2.05, 4.69) is 17.0 Å². The summed E-state index contributed by atoms with van der Waals surface area (Å²) >= 11 is 6.07. The van der Waals surface area contributed by atoms with Gasteiger partial charge in [0.25, 0.3) is 0 Å². The number of halogens is 1. The molecule has 1 aliphatic rings. The Balaban J connectivity index is 1.62. The van der Waals surface area contributed by atoms with Crippen LogP contribution in [-0.2, 0) is 16.4 Å². The highest BCUT2D eigenvalue weighted by molar-refractivity contribution is 7.89. The average molecular weight is 441 g/mol. The number of hydrogen-bond acceptors (Lipinski definition) is 3. The number of benzene rings is 3. The van der Waals surface area contributed by atoms with Gasteiger partial charge in [-0.3, -0.25) is 0 Å². The van der Waals surface area contributed by atoms with Crippen LogP contribution in [0.4, 0.5) is 5.69 Å². The Kier molecular flexibility index (Phi) is 6.14. The predicted molar refractivity (Wildman–Crippen MR) is 123 cm³/mol. The molecule has 0 aliphatic carbocycles. The van der Waals surface area contributed by atoms with Gasteiger partial charge < -0.3 is 4.90 Å². The van der Waals surface area contributed by atoms with Crippen LogP contribution in [-0.4, -0.2) is 38.4 Å². The molecule has 0 spiro atoms. The van der Waals surface area contributed by atoms with Crippen LogP contribution in [0.5, 0.6) is 0 Å². The molecule has 0 radical (unpaired) electrons. The molecule has 1 aliphatic heterocycles. The van der Waals surface area contributed by atoms with Gasteiger partial charge in [0.15, 0.2) is 0 Å². The molecule has 1 unspecified atom stereocenters. The minimum atomic E-state index is -3.53. The van der Waals surface area contributed by atoms with Gasteiger partial charge in [0.2, 0.25) is 10.0 Å². The van der Waals surface area contributed by atoms with E-state index in [1.165, 1.54) is 5.56 Å². The molecule has 0 bridgehead atoms. The molecule has 1 atom stereocenters. The Morgan fingerprint density at radius 1 is 0.900 bits per heavy atom. The molecule has 1 fully saturated rings. The van der Waals surface area contributed by atoms with Gasteiger partial charge in [-0.2, -0.15) is 4.31 Å². The number of nitrogens with zero attached hydrogens (tertiary/aromatic N) is 2. The topological polar surface area (TPSA) is 40.6 Å². The van der Waals surface area contributed by atoms with Crippen molar-refractivity contribution in [3.05, 3.63) is 95.0 Å². The van der Waals surface area contributed by atoms with Gasteiger partial charge in [0, 0.05) is 36.4 Å². The van der Waals surface area contributed by atoms with E-state index < -0.39 is 10.0 Å². The van der Waals surface area contributed by atoms with Crippen molar-refractivity contribution in [1.29, 1.82) is 0 Å². The minimum absolute atomic E-state index is 0.0301. The monoisotopic (exact) mass is 440 g/mol. The van der Waals surface area contributed by atoms with Gasteiger partial charge in [-0.15, -0.1) is 0 Å². The van der Waals surface area contributed by atoms with Gasteiger partial charge in [0.05, 0.1) is 4.90 Å². The molecule has 30 heavy (non-hydrogen) atoms. The fourth-order valence-electron chi connectivity index (χ4n) is 3.94. The summed E-state index contributed by atoms with van der Waals surface area (Å²) in [5.74, 6) is 0. The summed E-state index contributed by atoms with van der Waals surface area (Å²) in [6, 6.07) is 25.1. The van der Waals surface area contributed by atoms with Crippen LogP contribution in [0.15, 0.2) is 83.8 Å². The smallest absolute Gasteiger partial charge is 0.243 e. The fourth-order valence-corrected chi connectivity index (χ4v) is 5.53. The number of piperazine rings is 1. The van der Waals surface area contributed by atoms with E-state index in [0.29, 0.717) is 29.6 Å². The van der Waals surface area contributed by atoms with E-state index >= 15 is 0 Å². The van der Waals surface area contributed by atoms with Gasteiger partial charge >= 0.3 is 0 Å². The maximum absolute atomic E-state index is 13.3. The van der Waals surface area contributed by atoms with Crippen molar-refractivity contribution < 1.29 is 8.42 Å². The highest BCUT2D eigenvalue weighted by Crippen LogP contribution is 2.27. The van der Waals surface area contributed by atoms with E-state index in [-0.39, 0.29) is 6.04 Å². The summed E-state index contributed by atoms with van der Waals surface area (Å²) in [7, 11) is -3.53. The first-order chi connectivity index (χ1) is 14.4. The van der Waals surface area contributed by atoms with Crippen molar-refractivity contribution >= 4 is 27.3 Å². The van der Waals surface area contributed by atoms with Gasteiger partial charge in [-0.1, -0.05) is 59.6 Å². The Morgan fingerprint density at radius 2 is 1.57 bits per heavy atom. The standard InChI is InChI=1S/C24H25ClN2O2S/c1-19-7-13-24(14-8-19)30(28,29)26-15-16-27(22-11-9-21(25)10-12-22)23(18-26)17-20-5-3-2-4-6-20/h2-14,23H,15-18H2,1H3. The molecular formula is C24H25ClN2O2S. The lowest BCUT2D eigenvalue weighted by Crippen LogP contribution is -2.55. The molecule has 156 valence electrons. The summed E-state index contributed by atoms with van der Waals surface area (Å²) in [5, 5.41) is 0.693. The van der Waals surface area contributed by atoms with Gasteiger partial charge in [-0.05, 0) is 55.3 Å². The maximum atomic E-state index is 13.3. The summed E-state index contributed by atoms with van der Waals surface area (Å²) in [6.07, 6.45) is 0.767. The van der Waals surface area contributed by atoms with E-state index in [1.807, 2.05) is 61.5 Å². The van der Waals surface area contributed by atoms with Crippen molar-refractivity contribution in [2.45, 2.75) is 24.3 Å². The van der Waals surface area contributed by atoms with Crippen LogP contribution in [0.2, 0.25) is 5.02 Å². The first-order valence-electron chi connectivity index (χ1n) is 10.1. The quantitative estimate of drug-likeness (QED) is 0.573. The summed E-state index contributed by atoms with van der Waals surface area (Å²) < 4.78 is 28.2. The lowest BCUT2D eigenvalue weighted by molar-refractivity contribution is 0.330. The Hall–Kier alpha value is -2.34. The Bertz CT molecular complexity index is 1080. The van der Waals surface area contributed by atoms with E-state index in [0.717, 1.165) is 17.7 Å². The molecule has 3 aromatic rings. The molecule has 1 heterocycles. The molecular weight excluding hydrogens is 416 g/mol. The Morgan fingerprint density at radius 3 is 2.23 bits per heavy atom. The van der Waals surface area contributed by atoms with E-state index in [4.69, 9.17) is 11.6 Å². The van der Waals surface area contributed by atoms with Crippen LogP contribution in [0.1, 0.15) is 11.1 Å². The minimum Gasteiger partial charge on any atom is -0.366 e. The number of rotatable bonds is 5. The zero-order valence-electron chi connectivity index (χ0n) is 16.9. The third kappa shape index (κ3) is 4.53. The number of sulfonamides is 1. The lowest BCUT2D eigenvalue weighted by Gasteiger charge is -2.42. The molecule has 0 aromatic heterocycles. The maximum Gasteiger partial charge on any atom is 0.243 e. The highest BCUT2D eigenvalue weighted by Gasteiger charge is 2.34. The van der Waals surface area contributed by atoms with Crippen LogP contribution in [0, 0.1) is 6.92 Å². The van der Waals surface area contributed by atoms with Crippen LogP contribution < -0.4 is 4.90 Å². The van der Waals surface area contributed by atoms with Crippen molar-refractivity contribution in [3.8, 4) is 0 Å². The van der Waals surface area contributed by atoms with Gasteiger partial charge in [0.1, 0.15) is 0 Å². The zero-order chi connectivity index (χ0) is 21.1. The van der Waals surface area contributed by atoms with Crippen LogP contribution in [0.25, 0.3) is 0 Å². The second-order valence-corrected chi connectivity index (χ2v) is 10.1. The molecule has 6 heteroatoms. The molecule has 4 nitrogen and oxygen atoms in total. The molecule has 3 aromatic carbocycles. The zero-order valence-corrected chi connectivity index (χ0v) is 18.5. The predicted octanol–water partition coefficient (Wildman–Crippen LogP) is 4.77. The van der Waals surface area contributed by atoms with Crippen LogP contribution in [0.3, 0.4) is 0 Å². The molecule has 0 amide bonds. The highest BCUT2D eigenvalue weighted by atomic mass is 35.5. The average Bonchev–Trinajstić information content (AvgIpc) is 2.75. The summed E-state index contributed by atoms with van der Waals surface area (Å²) in [5.41, 5.74) is 3.30. The fraction of sp³-hybridized carbons (Fsp3) is 0.250.